The molecule has 57 heavy (non-hydrogen) atoms. The molecular weight excluding hydrogens is 753 g/mol. The summed E-state index contributed by atoms with van der Waals surface area (Å²) in [6.07, 6.45) is 13.1. The van der Waals surface area contributed by atoms with E-state index in [1.165, 1.54) is 4.90 Å². The van der Waals surface area contributed by atoms with E-state index in [2.05, 4.69) is 27.3 Å². The highest BCUT2D eigenvalue weighted by molar-refractivity contribution is 7.91. The van der Waals surface area contributed by atoms with Crippen molar-refractivity contribution in [3.63, 3.8) is 0 Å². The van der Waals surface area contributed by atoms with Gasteiger partial charge in [-0.1, -0.05) is 31.9 Å². The molecule has 3 saturated carbocycles. The zero-order valence-electron chi connectivity index (χ0n) is 33.5. The first-order valence-corrected chi connectivity index (χ1v) is 22.0. The lowest BCUT2D eigenvalue weighted by atomic mass is 9.65. The van der Waals surface area contributed by atoms with E-state index >= 15 is 0 Å². The van der Waals surface area contributed by atoms with Gasteiger partial charge in [0.15, 0.2) is 0 Å². The predicted octanol–water partition coefficient (Wildman–Crippen LogP) is 4.68. The second kappa shape index (κ2) is 16.1. The quantitative estimate of drug-likeness (QED) is 0.177. The maximum Gasteiger partial charge on any atom is 0.407 e. The fraction of sp³-hybridized carbons (Fsp3) is 0.659. The maximum absolute atomic E-state index is 14.7. The molecule has 0 radical (unpaired) electrons. The molecule has 3 N–H and O–H groups in total. The lowest BCUT2D eigenvalue weighted by Crippen LogP contribution is -2.70. The van der Waals surface area contributed by atoms with Crippen molar-refractivity contribution in [2.75, 3.05) is 20.2 Å². The van der Waals surface area contributed by atoms with Crippen LogP contribution in [0.15, 0.2) is 24.3 Å². The molecule has 4 heterocycles. The van der Waals surface area contributed by atoms with E-state index in [1.54, 1.807) is 20.1 Å². The van der Waals surface area contributed by atoms with E-state index in [1.807, 2.05) is 25.1 Å². The molecule has 0 unspecified atom stereocenters. The third-order valence-corrected chi connectivity index (χ3v) is 14.9. The molecule has 15 nitrogen and oxygen atoms in total. The summed E-state index contributed by atoms with van der Waals surface area (Å²) in [7, 11) is -2.47. The largest absolute Gasteiger partial charge is 0.483 e. The van der Waals surface area contributed by atoms with Crippen LogP contribution in [0, 0.1) is 12.8 Å². The van der Waals surface area contributed by atoms with Gasteiger partial charge in [-0.25, -0.2) is 23.2 Å². The minimum atomic E-state index is -4.01. The normalized spacial score (nSPS) is 26.4. The fourth-order valence-corrected chi connectivity index (χ4v) is 10.1. The van der Waals surface area contributed by atoms with Gasteiger partial charge >= 0.3 is 6.09 Å². The number of carbonyl (C=O) groups is 4. The second-order valence-corrected chi connectivity index (χ2v) is 19.0. The summed E-state index contributed by atoms with van der Waals surface area (Å²) in [6.45, 7) is 5.18. The molecule has 1 spiro atoms. The minimum absolute atomic E-state index is 0.0262. The van der Waals surface area contributed by atoms with Crippen molar-refractivity contribution >= 4 is 44.9 Å². The van der Waals surface area contributed by atoms with E-state index in [4.69, 9.17) is 19.2 Å². The Labute approximate surface area is 334 Å². The van der Waals surface area contributed by atoms with E-state index < -0.39 is 68.2 Å². The Morgan fingerprint density at radius 2 is 1.82 bits per heavy atom. The number of amides is 4. The summed E-state index contributed by atoms with van der Waals surface area (Å²) in [6, 6.07) is 2.49. The van der Waals surface area contributed by atoms with Gasteiger partial charge in [0.25, 0.3) is 5.91 Å². The van der Waals surface area contributed by atoms with Gasteiger partial charge in [-0.3, -0.25) is 19.1 Å². The van der Waals surface area contributed by atoms with Crippen molar-refractivity contribution in [1.82, 2.24) is 30.2 Å². The smallest absolute Gasteiger partial charge is 0.407 e. The number of alkyl carbamates (subject to hydrolysis) is 1. The Morgan fingerprint density at radius 3 is 2.51 bits per heavy atom. The average Bonchev–Trinajstić information content (AvgIpc) is 3.56. The molecule has 310 valence electrons. The Morgan fingerprint density at radius 1 is 1.05 bits per heavy atom. The van der Waals surface area contributed by atoms with Gasteiger partial charge in [-0.15, -0.1) is 0 Å². The molecule has 2 aromatic heterocycles. The molecule has 4 amide bonds. The number of nitrogens with one attached hydrogen (secondary N) is 3. The first-order chi connectivity index (χ1) is 27.2. The molecule has 16 heteroatoms. The number of sulfonamides is 1. The number of fused-ring (bicyclic) bond motifs is 3. The first-order valence-electron chi connectivity index (χ1n) is 20.5. The molecule has 2 aliphatic heterocycles. The summed E-state index contributed by atoms with van der Waals surface area (Å²) in [5.41, 5.74) is 0.276. The number of methoxy groups -OCH3 is 1. The number of hydrogen-bond donors (Lipinski definition) is 3. The third kappa shape index (κ3) is 8.15. The van der Waals surface area contributed by atoms with Gasteiger partial charge in [0.1, 0.15) is 35.6 Å². The van der Waals surface area contributed by atoms with Crippen molar-refractivity contribution in [1.29, 1.82) is 0 Å². The zero-order chi connectivity index (χ0) is 40.6. The number of allylic oxidation sites excluding steroid dienone is 1. The van der Waals surface area contributed by atoms with Crippen molar-refractivity contribution < 1.29 is 41.8 Å². The number of aromatic nitrogens is 2. The number of ether oxygens (including phenoxy) is 3. The van der Waals surface area contributed by atoms with Crippen LogP contribution in [0.25, 0.3) is 11.0 Å². The average molecular weight is 809 g/mol. The minimum Gasteiger partial charge on any atom is -0.483 e. The summed E-state index contributed by atoms with van der Waals surface area (Å²) >= 11 is 0. The van der Waals surface area contributed by atoms with Crippen LogP contribution in [-0.4, -0.2) is 95.3 Å². The maximum atomic E-state index is 14.7. The Hall–Kier alpha value is -4.47. The van der Waals surface area contributed by atoms with Gasteiger partial charge in [0.2, 0.25) is 27.7 Å². The highest BCUT2D eigenvalue weighted by Crippen LogP contribution is 2.47. The molecule has 1 saturated heterocycles. The molecule has 4 atom stereocenters. The number of likely N-dealkylation sites (tertiary alicyclic amines) is 1. The van der Waals surface area contributed by atoms with Crippen molar-refractivity contribution in [3.8, 4) is 11.6 Å². The van der Waals surface area contributed by atoms with E-state index in [-0.39, 0.29) is 25.5 Å². The van der Waals surface area contributed by atoms with Gasteiger partial charge in [-0.2, -0.15) is 0 Å². The molecular formula is C41H56N6O9S. The molecule has 0 bridgehead atoms. The van der Waals surface area contributed by atoms with E-state index in [0.717, 1.165) is 56.9 Å². The van der Waals surface area contributed by atoms with Crippen LogP contribution in [0.4, 0.5) is 4.79 Å². The number of carbonyl (C=O) groups excluding carboxylic acids is 4. The van der Waals surface area contributed by atoms with Crippen molar-refractivity contribution in [2.24, 2.45) is 5.92 Å². The van der Waals surface area contributed by atoms with Crippen LogP contribution in [0.2, 0.25) is 0 Å². The SMILES string of the molecule is CCCCC/C=C\[C@@H]1CC[C@]1(NC(=O)[C@@H]1C[C@]2(CCc3c(c(C)nc4ccc(OC)nc34)O2)CN1C(=O)CNC(=O)OC1CCCC1)C(=O)NS(=O)(=O)C1(C)CC1. The third-order valence-electron chi connectivity index (χ3n) is 12.8. The lowest BCUT2D eigenvalue weighted by Gasteiger charge is -2.47. The lowest BCUT2D eigenvalue weighted by molar-refractivity contribution is -0.143. The monoisotopic (exact) mass is 808 g/mol. The van der Waals surface area contributed by atoms with Gasteiger partial charge in [-0.05, 0) is 97.0 Å². The number of pyridine rings is 2. The highest BCUT2D eigenvalue weighted by atomic mass is 32.2. The highest BCUT2D eigenvalue weighted by Gasteiger charge is 2.59. The molecule has 0 aromatic carbocycles. The van der Waals surface area contributed by atoms with Gasteiger partial charge in [0, 0.05) is 24.0 Å². The number of nitrogens with zero attached hydrogens (tertiary/aromatic N) is 3. The van der Waals surface area contributed by atoms with Gasteiger partial charge in [0.05, 0.1) is 35.1 Å². The summed E-state index contributed by atoms with van der Waals surface area (Å²) in [5, 5.41) is 5.57. The molecule has 5 aliphatic rings. The number of hydrogen-bond acceptors (Lipinski definition) is 11. The molecule has 2 aromatic rings. The Balaban J connectivity index is 1.16. The Kier molecular flexibility index (Phi) is 11.5. The summed E-state index contributed by atoms with van der Waals surface area (Å²) in [5.74, 6) is -1.39. The molecule has 4 fully saturated rings. The standard InChI is InChI=1S/C41H56N6O9S/c1-5-6-7-8-9-12-27-17-20-41(27,37(50)46-57(52,53)39(3)21-22-39)45-36(49)31-23-40(25-47(31)33(48)24-42-38(51)55-28-13-10-11-14-28)19-18-29-34-30(15-16-32(44-34)54-4)43-26(2)35(29)56-40/h9,12,15-16,27-28,31H,5-8,10-11,13-14,17-25H2,1-4H3,(H,42,51)(H,45,49)(H,46,50)/b12-9-/t27-,31+,40-,41-/m1/s1. The molecule has 7 rings (SSSR count). The van der Waals surface area contributed by atoms with Crippen molar-refractivity contribution in [2.45, 2.75) is 145 Å². The van der Waals surface area contributed by atoms with Crippen LogP contribution < -0.4 is 24.8 Å². The van der Waals surface area contributed by atoms with Crippen molar-refractivity contribution in [3.05, 3.63) is 35.5 Å². The van der Waals surface area contributed by atoms with Crippen LogP contribution in [0.5, 0.6) is 11.6 Å². The number of aryl methyl sites for hydroxylation is 2. The number of rotatable bonds is 14. The van der Waals surface area contributed by atoms with E-state index in [0.29, 0.717) is 60.5 Å². The first kappa shape index (κ1) is 40.7. The topological polar surface area (TPSA) is 195 Å². The molecule has 3 aliphatic carbocycles. The summed E-state index contributed by atoms with van der Waals surface area (Å²) < 4.78 is 45.6. The fourth-order valence-electron chi connectivity index (χ4n) is 8.76. The summed E-state index contributed by atoms with van der Waals surface area (Å²) in [4.78, 5) is 66.4. The zero-order valence-corrected chi connectivity index (χ0v) is 34.3. The van der Waals surface area contributed by atoms with Crippen LogP contribution in [0.1, 0.15) is 115 Å². The van der Waals surface area contributed by atoms with Crippen LogP contribution in [0.3, 0.4) is 0 Å². The predicted molar refractivity (Wildman–Crippen MR) is 211 cm³/mol. The Bertz CT molecular complexity index is 2050. The van der Waals surface area contributed by atoms with Gasteiger partial charge < -0.3 is 29.7 Å². The number of unbranched alkanes of at least 4 members (excludes halogenated alkanes) is 3. The van der Waals surface area contributed by atoms with Crippen LogP contribution in [-0.2, 0) is 35.6 Å². The second-order valence-electron chi connectivity index (χ2n) is 16.8. The van der Waals surface area contributed by atoms with E-state index in [9.17, 15) is 27.6 Å². The van der Waals surface area contributed by atoms with Crippen LogP contribution >= 0.6 is 0 Å².